The Morgan fingerprint density at radius 2 is 2.18 bits per heavy atom. The van der Waals surface area contributed by atoms with E-state index in [2.05, 4.69) is 0 Å². The lowest BCUT2D eigenvalue weighted by molar-refractivity contribution is 0.0219. The van der Waals surface area contributed by atoms with Crippen LogP contribution in [0.4, 0.5) is 0 Å². The summed E-state index contributed by atoms with van der Waals surface area (Å²) in [5.74, 6) is 0. The Balaban J connectivity index is 2.72. The Labute approximate surface area is 65.0 Å². The third-order valence-corrected chi connectivity index (χ3v) is 1.87. The zero-order valence-corrected chi connectivity index (χ0v) is 6.14. The van der Waals surface area contributed by atoms with Crippen molar-refractivity contribution in [2.75, 3.05) is 6.61 Å². The van der Waals surface area contributed by atoms with Gasteiger partial charge in [0.05, 0.1) is 12.7 Å². The van der Waals surface area contributed by atoms with Crippen molar-refractivity contribution in [1.82, 2.24) is 0 Å². The highest BCUT2D eigenvalue weighted by Crippen LogP contribution is 2.17. The molecule has 0 fully saturated rings. The molecule has 0 aliphatic heterocycles. The molecule has 0 unspecified atom stereocenters. The average Bonchev–Trinajstić information content (AvgIpc) is 1.96. The maximum atomic E-state index is 9.22. The number of rotatable bonds is 1. The van der Waals surface area contributed by atoms with Gasteiger partial charge in [-0.25, -0.2) is 0 Å². The molecule has 5 N–H and O–H groups in total. The molecule has 0 radical (unpaired) electrons. The van der Waals surface area contributed by atoms with Gasteiger partial charge in [-0.2, -0.15) is 0 Å². The maximum Gasteiger partial charge on any atom is 0.103 e. The zero-order chi connectivity index (χ0) is 8.43. The Bertz CT molecular complexity index is 169. The van der Waals surface area contributed by atoms with Gasteiger partial charge in [-0.3, -0.25) is 0 Å². The van der Waals surface area contributed by atoms with E-state index in [0.29, 0.717) is 12.0 Å². The summed E-state index contributed by atoms with van der Waals surface area (Å²) >= 11 is 0. The van der Waals surface area contributed by atoms with Gasteiger partial charge in [-0.15, -0.1) is 0 Å². The van der Waals surface area contributed by atoms with Crippen LogP contribution in [0.5, 0.6) is 0 Å². The predicted octanol–water partition coefficient (Wildman–Crippen LogP) is -1.64. The molecule has 1 rings (SSSR count). The largest absolute Gasteiger partial charge is 0.392 e. The number of hydrogen-bond donors (Lipinski definition) is 4. The zero-order valence-electron chi connectivity index (χ0n) is 6.14. The van der Waals surface area contributed by atoms with Crippen LogP contribution in [0.2, 0.25) is 0 Å². The molecule has 0 bridgehead atoms. The second-order valence-electron chi connectivity index (χ2n) is 2.81. The molecule has 0 heterocycles. The maximum absolute atomic E-state index is 9.22. The van der Waals surface area contributed by atoms with Crippen LogP contribution >= 0.6 is 0 Å². The molecule has 0 amide bonds. The Kier molecular flexibility index (Phi) is 2.62. The number of aliphatic hydroxyl groups excluding tert-OH is 3. The smallest absolute Gasteiger partial charge is 0.103 e. The van der Waals surface area contributed by atoms with Crippen LogP contribution in [0.3, 0.4) is 0 Å². The monoisotopic (exact) mass is 159 g/mol. The van der Waals surface area contributed by atoms with Crippen molar-refractivity contribution in [3.63, 3.8) is 0 Å². The fourth-order valence-electron chi connectivity index (χ4n) is 1.24. The van der Waals surface area contributed by atoms with Gasteiger partial charge < -0.3 is 21.1 Å². The minimum absolute atomic E-state index is 0.244. The van der Waals surface area contributed by atoms with Crippen LogP contribution < -0.4 is 5.73 Å². The lowest BCUT2D eigenvalue weighted by Crippen LogP contribution is -2.39. The Morgan fingerprint density at radius 1 is 1.55 bits per heavy atom. The average molecular weight is 159 g/mol. The summed E-state index contributed by atoms with van der Waals surface area (Å²) in [4.78, 5) is 0. The second kappa shape index (κ2) is 3.32. The van der Waals surface area contributed by atoms with Crippen molar-refractivity contribution >= 4 is 0 Å². The van der Waals surface area contributed by atoms with Crippen molar-refractivity contribution < 1.29 is 15.3 Å². The number of nitrogens with two attached hydrogens (primary N) is 1. The molecule has 0 aromatic carbocycles. The van der Waals surface area contributed by atoms with Crippen LogP contribution in [-0.2, 0) is 0 Å². The highest BCUT2D eigenvalue weighted by molar-refractivity contribution is 5.17. The molecular weight excluding hydrogens is 146 g/mol. The van der Waals surface area contributed by atoms with E-state index in [4.69, 9.17) is 15.9 Å². The predicted molar refractivity (Wildman–Crippen MR) is 39.8 cm³/mol. The third-order valence-electron chi connectivity index (χ3n) is 1.87. The van der Waals surface area contributed by atoms with E-state index in [1.54, 1.807) is 6.08 Å². The van der Waals surface area contributed by atoms with E-state index in [1.165, 1.54) is 0 Å². The van der Waals surface area contributed by atoms with E-state index in [-0.39, 0.29) is 12.6 Å². The summed E-state index contributed by atoms with van der Waals surface area (Å²) in [5.41, 5.74) is 5.91. The molecular formula is C7H13NO3. The van der Waals surface area contributed by atoms with Gasteiger partial charge in [0.2, 0.25) is 0 Å². The molecule has 0 aromatic heterocycles. The van der Waals surface area contributed by atoms with Gasteiger partial charge in [-0.05, 0) is 12.0 Å². The van der Waals surface area contributed by atoms with E-state index in [0.717, 1.165) is 0 Å². The molecule has 0 saturated carbocycles. The van der Waals surface area contributed by atoms with Crippen molar-refractivity contribution in [2.24, 2.45) is 5.73 Å². The minimum Gasteiger partial charge on any atom is -0.392 e. The van der Waals surface area contributed by atoms with E-state index >= 15 is 0 Å². The fourth-order valence-corrected chi connectivity index (χ4v) is 1.24. The highest BCUT2D eigenvalue weighted by Gasteiger charge is 2.26. The first-order valence-electron chi connectivity index (χ1n) is 3.58. The molecule has 11 heavy (non-hydrogen) atoms. The number of hydrogen-bond acceptors (Lipinski definition) is 4. The van der Waals surface area contributed by atoms with E-state index in [9.17, 15) is 5.11 Å². The van der Waals surface area contributed by atoms with Crippen molar-refractivity contribution in [3.8, 4) is 0 Å². The van der Waals surface area contributed by atoms with Gasteiger partial charge in [0.25, 0.3) is 0 Å². The molecule has 0 aromatic rings. The minimum atomic E-state index is -0.945. The SMILES string of the molecule is N[C@H]1C=C(CO)[C@@H](O)[C@H](O)C1. The van der Waals surface area contributed by atoms with E-state index in [1.807, 2.05) is 0 Å². The summed E-state index contributed by atoms with van der Waals surface area (Å²) in [6.07, 6.45) is 0.166. The summed E-state index contributed by atoms with van der Waals surface area (Å²) in [7, 11) is 0. The van der Waals surface area contributed by atoms with Crippen LogP contribution in [0.15, 0.2) is 11.6 Å². The van der Waals surface area contributed by atoms with Crippen LogP contribution in [0.25, 0.3) is 0 Å². The summed E-state index contributed by atoms with van der Waals surface area (Å²) in [6.45, 7) is -0.244. The van der Waals surface area contributed by atoms with Crippen molar-refractivity contribution in [1.29, 1.82) is 0 Å². The normalized spacial score (nSPS) is 38.5. The van der Waals surface area contributed by atoms with Crippen LogP contribution in [-0.4, -0.2) is 40.2 Å². The second-order valence-corrected chi connectivity index (χ2v) is 2.81. The molecule has 0 saturated heterocycles. The lowest BCUT2D eigenvalue weighted by Gasteiger charge is -2.27. The van der Waals surface area contributed by atoms with Crippen LogP contribution in [0.1, 0.15) is 6.42 Å². The molecule has 4 nitrogen and oxygen atoms in total. The summed E-state index contributed by atoms with van der Waals surface area (Å²) in [5, 5.41) is 27.1. The first-order chi connectivity index (χ1) is 5.15. The third kappa shape index (κ3) is 1.78. The first-order valence-corrected chi connectivity index (χ1v) is 3.58. The Morgan fingerprint density at radius 3 is 2.73 bits per heavy atom. The standard InChI is InChI=1S/C7H13NO3/c8-5-1-4(3-9)7(11)6(10)2-5/h1,5-7,9-11H,2-3,8H2/t5-,6+,7+/m0/s1. The lowest BCUT2D eigenvalue weighted by atomic mass is 9.91. The quantitative estimate of drug-likeness (QED) is 0.345. The topological polar surface area (TPSA) is 86.7 Å². The molecule has 4 heteroatoms. The van der Waals surface area contributed by atoms with Crippen molar-refractivity contribution in [2.45, 2.75) is 24.7 Å². The van der Waals surface area contributed by atoms with Crippen molar-refractivity contribution in [3.05, 3.63) is 11.6 Å². The van der Waals surface area contributed by atoms with Gasteiger partial charge in [-0.1, -0.05) is 6.08 Å². The molecule has 1 aliphatic carbocycles. The van der Waals surface area contributed by atoms with Gasteiger partial charge in [0, 0.05) is 6.04 Å². The van der Waals surface area contributed by atoms with E-state index < -0.39 is 12.2 Å². The fraction of sp³-hybridized carbons (Fsp3) is 0.714. The molecule has 64 valence electrons. The molecule has 0 spiro atoms. The van der Waals surface area contributed by atoms with Gasteiger partial charge in [0.1, 0.15) is 6.10 Å². The number of aliphatic hydroxyl groups is 3. The Hall–Kier alpha value is -0.420. The highest BCUT2D eigenvalue weighted by atomic mass is 16.3. The molecule has 3 atom stereocenters. The summed E-state index contributed by atoms with van der Waals surface area (Å²) < 4.78 is 0. The van der Waals surface area contributed by atoms with Gasteiger partial charge >= 0.3 is 0 Å². The van der Waals surface area contributed by atoms with Crippen LogP contribution in [0, 0.1) is 0 Å². The first kappa shape index (κ1) is 8.67. The van der Waals surface area contributed by atoms with Gasteiger partial charge in [0.15, 0.2) is 0 Å². The molecule has 1 aliphatic rings. The summed E-state index contributed by atoms with van der Waals surface area (Å²) in [6, 6.07) is -0.254.